The predicted octanol–water partition coefficient (Wildman–Crippen LogP) is 1.91. The molecule has 1 aromatic heterocycles. The Morgan fingerprint density at radius 1 is 1.20 bits per heavy atom. The minimum atomic E-state index is -3.54. The zero-order valence-corrected chi connectivity index (χ0v) is 12.2. The van der Waals surface area contributed by atoms with Crippen molar-refractivity contribution in [1.29, 1.82) is 0 Å². The third kappa shape index (κ3) is 3.34. The number of anilines is 1. The highest BCUT2D eigenvalue weighted by Crippen LogP contribution is 2.13. The molecule has 0 fully saturated rings. The Morgan fingerprint density at radius 2 is 1.95 bits per heavy atom. The van der Waals surface area contributed by atoms with Crippen molar-refractivity contribution < 1.29 is 8.42 Å². The topological polar surface area (TPSA) is 71.1 Å². The molecule has 1 aromatic carbocycles. The van der Waals surface area contributed by atoms with Gasteiger partial charge in [-0.25, -0.2) is 18.1 Å². The van der Waals surface area contributed by atoms with E-state index in [4.69, 9.17) is 0 Å². The minimum Gasteiger partial charge on any atom is -0.373 e. The third-order valence-electron chi connectivity index (χ3n) is 3.01. The van der Waals surface area contributed by atoms with Crippen LogP contribution in [0.2, 0.25) is 0 Å². The van der Waals surface area contributed by atoms with E-state index in [1.54, 1.807) is 7.05 Å². The molecular weight excluding hydrogens is 274 g/mol. The zero-order chi connectivity index (χ0) is 14.6. The smallest absolute Gasteiger partial charge is 0.241 e. The largest absolute Gasteiger partial charge is 0.373 e. The Hall–Kier alpha value is -1.92. The quantitative estimate of drug-likeness (QED) is 0.883. The average molecular weight is 291 g/mol. The van der Waals surface area contributed by atoms with E-state index < -0.39 is 10.0 Å². The minimum absolute atomic E-state index is 0.199. The molecule has 0 saturated heterocycles. The summed E-state index contributed by atoms with van der Waals surface area (Å²) in [5.74, 6) is 0.517. The second kappa shape index (κ2) is 6.02. The molecule has 0 amide bonds. The first-order valence-electron chi connectivity index (χ1n) is 6.21. The molecular formula is C14H17N3O2S. The maximum Gasteiger partial charge on any atom is 0.241 e. The molecule has 0 radical (unpaired) electrons. The lowest BCUT2D eigenvalue weighted by molar-refractivity contribution is 0.581. The lowest BCUT2D eigenvalue weighted by Gasteiger charge is -2.09. The number of aryl methyl sites for hydroxylation is 1. The highest BCUT2D eigenvalue weighted by molar-refractivity contribution is 7.89. The Morgan fingerprint density at radius 3 is 2.65 bits per heavy atom. The molecule has 2 rings (SSSR count). The maximum atomic E-state index is 12.2. The number of hydrogen-bond acceptors (Lipinski definition) is 4. The summed E-state index contributed by atoms with van der Waals surface area (Å²) in [5.41, 5.74) is 2.01. The van der Waals surface area contributed by atoms with Gasteiger partial charge in [0.2, 0.25) is 10.0 Å². The molecule has 106 valence electrons. The highest BCUT2D eigenvalue weighted by Gasteiger charge is 2.14. The van der Waals surface area contributed by atoms with Crippen molar-refractivity contribution in [3.8, 4) is 0 Å². The average Bonchev–Trinajstić information content (AvgIpc) is 2.46. The van der Waals surface area contributed by atoms with E-state index in [1.165, 1.54) is 18.3 Å². The number of sulfonamides is 1. The van der Waals surface area contributed by atoms with E-state index >= 15 is 0 Å². The summed E-state index contributed by atoms with van der Waals surface area (Å²) in [6.07, 6.45) is 1.47. The van der Waals surface area contributed by atoms with Crippen LogP contribution in [0.4, 0.5) is 5.82 Å². The van der Waals surface area contributed by atoms with E-state index in [2.05, 4.69) is 15.0 Å². The van der Waals surface area contributed by atoms with E-state index in [0.717, 1.165) is 11.1 Å². The fraction of sp³-hybridized carbons (Fsp3) is 0.214. The van der Waals surface area contributed by atoms with Gasteiger partial charge in [-0.2, -0.15) is 0 Å². The molecule has 2 N–H and O–H groups in total. The van der Waals surface area contributed by atoms with Crippen LogP contribution in [0.25, 0.3) is 0 Å². The van der Waals surface area contributed by atoms with Gasteiger partial charge in [-0.05, 0) is 24.1 Å². The van der Waals surface area contributed by atoms with Crippen LogP contribution in [0.1, 0.15) is 11.1 Å². The van der Waals surface area contributed by atoms with Crippen molar-refractivity contribution >= 4 is 15.8 Å². The Kier molecular flexibility index (Phi) is 4.36. The molecule has 20 heavy (non-hydrogen) atoms. The highest BCUT2D eigenvalue weighted by atomic mass is 32.2. The van der Waals surface area contributed by atoms with Gasteiger partial charge < -0.3 is 5.32 Å². The lowest BCUT2D eigenvalue weighted by atomic mass is 10.1. The summed E-state index contributed by atoms with van der Waals surface area (Å²) in [6, 6.07) is 10.7. The zero-order valence-electron chi connectivity index (χ0n) is 11.4. The first kappa shape index (κ1) is 14.5. The fourth-order valence-electron chi connectivity index (χ4n) is 1.78. The molecule has 1 heterocycles. The number of aromatic nitrogens is 1. The normalized spacial score (nSPS) is 11.3. The molecule has 6 heteroatoms. The molecule has 0 bridgehead atoms. The summed E-state index contributed by atoms with van der Waals surface area (Å²) >= 11 is 0. The second-order valence-electron chi connectivity index (χ2n) is 4.38. The van der Waals surface area contributed by atoms with Crippen LogP contribution in [-0.4, -0.2) is 20.4 Å². The van der Waals surface area contributed by atoms with E-state index in [1.807, 2.05) is 31.2 Å². The first-order valence-corrected chi connectivity index (χ1v) is 7.69. The number of hydrogen-bond donors (Lipinski definition) is 2. The van der Waals surface area contributed by atoms with Crippen molar-refractivity contribution in [3.05, 3.63) is 53.7 Å². The van der Waals surface area contributed by atoms with Crippen LogP contribution in [0.3, 0.4) is 0 Å². The molecule has 0 unspecified atom stereocenters. The molecule has 0 spiro atoms. The first-order chi connectivity index (χ1) is 9.53. The summed E-state index contributed by atoms with van der Waals surface area (Å²) in [7, 11) is -1.84. The fourth-order valence-corrected chi connectivity index (χ4v) is 2.80. The van der Waals surface area contributed by atoms with Gasteiger partial charge in [0.1, 0.15) is 5.82 Å². The van der Waals surface area contributed by atoms with Gasteiger partial charge >= 0.3 is 0 Å². The molecule has 2 aromatic rings. The molecule has 0 atom stereocenters. The molecule has 5 nitrogen and oxygen atoms in total. The van der Waals surface area contributed by atoms with E-state index in [-0.39, 0.29) is 11.4 Å². The Balaban J connectivity index is 2.17. The van der Waals surface area contributed by atoms with E-state index in [9.17, 15) is 8.42 Å². The number of nitrogens with zero attached hydrogens (tertiary/aromatic N) is 1. The van der Waals surface area contributed by atoms with Gasteiger partial charge in [-0.1, -0.05) is 24.3 Å². The third-order valence-corrected chi connectivity index (χ3v) is 4.41. The van der Waals surface area contributed by atoms with Gasteiger partial charge in [0.25, 0.3) is 0 Å². The van der Waals surface area contributed by atoms with Crippen molar-refractivity contribution in [2.24, 2.45) is 0 Å². The number of pyridine rings is 1. The lowest BCUT2D eigenvalue weighted by Crippen LogP contribution is -2.23. The number of nitrogens with one attached hydrogen (secondary N) is 2. The van der Waals surface area contributed by atoms with Gasteiger partial charge in [-0.3, -0.25) is 0 Å². The number of benzene rings is 1. The van der Waals surface area contributed by atoms with Crippen LogP contribution in [0.5, 0.6) is 0 Å². The van der Waals surface area contributed by atoms with Crippen LogP contribution in [0.15, 0.2) is 47.5 Å². The predicted molar refractivity (Wildman–Crippen MR) is 79.0 cm³/mol. The van der Waals surface area contributed by atoms with E-state index in [0.29, 0.717) is 5.82 Å². The van der Waals surface area contributed by atoms with Crippen LogP contribution < -0.4 is 10.0 Å². The summed E-state index contributed by atoms with van der Waals surface area (Å²) in [5, 5.41) is 2.82. The van der Waals surface area contributed by atoms with Gasteiger partial charge in [0, 0.05) is 25.9 Å². The standard InChI is InChI=1S/C14H17N3O2S/c1-11-5-3-4-6-12(11)10-17-20(18,19)13-7-8-16-14(9-13)15-2/h3-9,17H,10H2,1-2H3,(H,15,16). The Labute approximate surface area is 119 Å². The second-order valence-corrected chi connectivity index (χ2v) is 6.14. The summed E-state index contributed by atoms with van der Waals surface area (Å²) in [4.78, 5) is 4.20. The molecule has 0 saturated carbocycles. The molecule has 0 aliphatic carbocycles. The molecule has 0 aliphatic heterocycles. The number of rotatable bonds is 5. The van der Waals surface area contributed by atoms with Gasteiger partial charge in [-0.15, -0.1) is 0 Å². The van der Waals surface area contributed by atoms with Crippen LogP contribution in [-0.2, 0) is 16.6 Å². The summed E-state index contributed by atoms with van der Waals surface area (Å²) < 4.78 is 27.0. The molecule has 0 aliphatic rings. The van der Waals surface area contributed by atoms with Crippen LogP contribution >= 0.6 is 0 Å². The van der Waals surface area contributed by atoms with Crippen molar-refractivity contribution in [3.63, 3.8) is 0 Å². The maximum absolute atomic E-state index is 12.2. The van der Waals surface area contributed by atoms with Gasteiger partial charge in [0.05, 0.1) is 4.90 Å². The van der Waals surface area contributed by atoms with Crippen molar-refractivity contribution in [2.75, 3.05) is 12.4 Å². The van der Waals surface area contributed by atoms with Crippen molar-refractivity contribution in [2.45, 2.75) is 18.4 Å². The Bertz CT molecular complexity index is 699. The summed E-state index contributed by atoms with van der Waals surface area (Å²) in [6.45, 7) is 2.22. The monoisotopic (exact) mass is 291 g/mol. The van der Waals surface area contributed by atoms with Crippen molar-refractivity contribution in [1.82, 2.24) is 9.71 Å². The van der Waals surface area contributed by atoms with Gasteiger partial charge in [0.15, 0.2) is 0 Å². The van der Waals surface area contributed by atoms with Crippen LogP contribution in [0, 0.1) is 6.92 Å². The SMILES string of the molecule is CNc1cc(S(=O)(=O)NCc2ccccc2C)ccn1.